The van der Waals surface area contributed by atoms with E-state index < -0.39 is 0 Å². The van der Waals surface area contributed by atoms with Crippen molar-refractivity contribution < 1.29 is 9.59 Å². The molecule has 1 N–H and O–H groups in total. The number of rotatable bonds is 6. The van der Waals surface area contributed by atoms with Gasteiger partial charge in [0.2, 0.25) is 5.91 Å². The van der Waals surface area contributed by atoms with E-state index in [0.29, 0.717) is 17.3 Å². The van der Waals surface area contributed by atoms with Gasteiger partial charge in [0.1, 0.15) is 0 Å². The van der Waals surface area contributed by atoms with E-state index in [0.717, 1.165) is 13.1 Å². The highest BCUT2D eigenvalue weighted by Crippen LogP contribution is 2.15. The maximum Gasteiger partial charge on any atom is 0.264 e. The first-order chi connectivity index (χ1) is 10.6. The molecule has 5 nitrogen and oxygen atoms in total. The maximum absolute atomic E-state index is 12.1. The van der Waals surface area contributed by atoms with Gasteiger partial charge in [-0.25, -0.2) is 0 Å². The minimum atomic E-state index is -0.0972. The number of nitrogens with zero attached hydrogens (tertiary/aromatic N) is 2. The number of hydrogen-bond donors (Lipinski definition) is 1. The van der Waals surface area contributed by atoms with Gasteiger partial charge >= 0.3 is 0 Å². The fourth-order valence-corrected chi connectivity index (χ4v) is 3.51. The predicted octanol–water partition coefficient (Wildman–Crippen LogP) is 1.67. The molecule has 0 spiro atoms. The van der Waals surface area contributed by atoms with Crippen molar-refractivity contribution in [3.05, 3.63) is 22.4 Å². The summed E-state index contributed by atoms with van der Waals surface area (Å²) in [5, 5.41) is 4.84. The van der Waals surface area contributed by atoms with Gasteiger partial charge < -0.3 is 15.1 Å². The zero-order valence-electron chi connectivity index (χ0n) is 13.4. The van der Waals surface area contributed by atoms with Crippen molar-refractivity contribution in [1.29, 1.82) is 0 Å². The Balaban J connectivity index is 1.72. The lowest BCUT2D eigenvalue weighted by Gasteiger charge is -2.32. The van der Waals surface area contributed by atoms with E-state index in [1.807, 2.05) is 11.4 Å². The molecule has 0 aromatic carbocycles. The van der Waals surface area contributed by atoms with Crippen LogP contribution in [0.2, 0.25) is 0 Å². The molecular formula is C16H25N3O2S. The van der Waals surface area contributed by atoms with Gasteiger partial charge in [-0.3, -0.25) is 9.59 Å². The third-order valence-corrected chi connectivity index (χ3v) is 4.96. The molecule has 2 amide bonds. The van der Waals surface area contributed by atoms with Crippen LogP contribution in [0.5, 0.6) is 0 Å². The highest BCUT2D eigenvalue weighted by Gasteiger charge is 2.20. The van der Waals surface area contributed by atoms with Gasteiger partial charge in [-0.15, -0.1) is 11.3 Å². The van der Waals surface area contributed by atoms with Crippen LogP contribution < -0.4 is 5.32 Å². The lowest BCUT2D eigenvalue weighted by atomic mass is 9.98. The van der Waals surface area contributed by atoms with Gasteiger partial charge in [0.25, 0.3) is 5.91 Å². The quantitative estimate of drug-likeness (QED) is 0.866. The van der Waals surface area contributed by atoms with Gasteiger partial charge in [0.15, 0.2) is 0 Å². The maximum atomic E-state index is 12.1. The zero-order chi connectivity index (χ0) is 15.9. The van der Waals surface area contributed by atoms with E-state index in [9.17, 15) is 9.59 Å². The third-order valence-electron chi connectivity index (χ3n) is 4.10. The van der Waals surface area contributed by atoms with Crippen LogP contribution in [0.3, 0.4) is 0 Å². The molecule has 0 aliphatic carbocycles. The predicted molar refractivity (Wildman–Crippen MR) is 89.1 cm³/mol. The number of likely N-dealkylation sites (tertiary alicyclic amines) is 1. The molecule has 1 aliphatic rings. The first-order valence-corrected chi connectivity index (χ1v) is 8.76. The lowest BCUT2D eigenvalue weighted by molar-refractivity contribution is -0.121. The van der Waals surface area contributed by atoms with Crippen molar-refractivity contribution in [1.82, 2.24) is 15.1 Å². The van der Waals surface area contributed by atoms with Crippen LogP contribution in [-0.4, -0.2) is 61.4 Å². The molecule has 1 aromatic rings. The van der Waals surface area contributed by atoms with Gasteiger partial charge in [-0.05, 0) is 43.3 Å². The van der Waals surface area contributed by atoms with E-state index >= 15 is 0 Å². The second-order valence-electron chi connectivity index (χ2n) is 5.84. The molecule has 0 saturated carbocycles. The Labute approximate surface area is 136 Å². The molecule has 6 heteroatoms. The summed E-state index contributed by atoms with van der Waals surface area (Å²) < 4.78 is 0. The number of amides is 2. The van der Waals surface area contributed by atoms with Crippen LogP contribution in [0.15, 0.2) is 17.5 Å². The van der Waals surface area contributed by atoms with Crippen LogP contribution in [0.4, 0.5) is 0 Å². The average Bonchev–Trinajstić information content (AvgIpc) is 3.06. The lowest BCUT2D eigenvalue weighted by Crippen LogP contribution is -2.43. The summed E-state index contributed by atoms with van der Waals surface area (Å²) in [4.78, 5) is 28.6. The molecule has 1 saturated heterocycles. The van der Waals surface area contributed by atoms with Gasteiger partial charge in [0.05, 0.1) is 11.4 Å². The summed E-state index contributed by atoms with van der Waals surface area (Å²) in [6.07, 6.45) is 2.37. The molecule has 2 rings (SSSR count). The monoisotopic (exact) mass is 323 g/mol. The summed E-state index contributed by atoms with van der Waals surface area (Å²) in [5.41, 5.74) is 0. The Morgan fingerprint density at radius 2 is 2.32 bits per heavy atom. The van der Waals surface area contributed by atoms with Crippen LogP contribution in [0.25, 0.3) is 0 Å². The second-order valence-corrected chi connectivity index (χ2v) is 6.79. The van der Waals surface area contributed by atoms with E-state index in [4.69, 9.17) is 0 Å². The molecule has 2 heterocycles. The Morgan fingerprint density at radius 1 is 1.50 bits per heavy atom. The first-order valence-electron chi connectivity index (χ1n) is 7.88. The second kappa shape index (κ2) is 8.29. The van der Waals surface area contributed by atoms with Crippen molar-refractivity contribution in [3.8, 4) is 0 Å². The zero-order valence-corrected chi connectivity index (χ0v) is 14.2. The number of hydrogen-bond acceptors (Lipinski definition) is 4. The summed E-state index contributed by atoms with van der Waals surface area (Å²) in [5.74, 6) is 0.344. The third kappa shape index (κ3) is 4.81. The highest BCUT2D eigenvalue weighted by molar-refractivity contribution is 7.12. The molecule has 0 unspecified atom stereocenters. The van der Waals surface area contributed by atoms with Crippen molar-refractivity contribution >= 4 is 23.2 Å². The summed E-state index contributed by atoms with van der Waals surface area (Å²) in [7, 11) is 1.67. The van der Waals surface area contributed by atoms with E-state index in [2.05, 4.69) is 17.1 Å². The average molecular weight is 323 g/mol. The van der Waals surface area contributed by atoms with Gasteiger partial charge in [-0.1, -0.05) is 13.0 Å². The minimum Gasteiger partial charge on any atom is -0.354 e. The number of piperidine rings is 1. The largest absolute Gasteiger partial charge is 0.354 e. The van der Waals surface area contributed by atoms with Crippen molar-refractivity contribution in [3.63, 3.8) is 0 Å². The minimum absolute atomic E-state index is 0.0824. The van der Waals surface area contributed by atoms with E-state index in [-0.39, 0.29) is 18.4 Å². The van der Waals surface area contributed by atoms with Crippen LogP contribution in [-0.2, 0) is 4.79 Å². The molecular weight excluding hydrogens is 298 g/mol. The molecule has 1 fully saturated rings. The van der Waals surface area contributed by atoms with Crippen molar-refractivity contribution in [2.24, 2.45) is 5.92 Å². The molecule has 1 aliphatic heterocycles. The van der Waals surface area contributed by atoms with E-state index in [1.54, 1.807) is 13.1 Å². The molecule has 0 radical (unpaired) electrons. The smallest absolute Gasteiger partial charge is 0.264 e. The number of carbonyl (C=O) groups is 2. The topological polar surface area (TPSA) is 52.7 Å². The number of nitrogens with one attached hydrogen (secondary N) is 1. The molecule has 0 bridgehead atoms. The number of likely N-dealkylation sites (N-methyl/N-ethyl adjacent to an activating group) is 1. The Hall–Kier alpha value is -1.40. The summed E-state index contributed by atoms with van der Waals surface area (Å²) >= 11 is 1.40. The molecule has 1 aromatic heterocycles. The summed E-state index contributed by atoms with van der Waals surface area (Å²) in [6.45, 7) is 6.28. The van der Waals surface area contributed by atoms with Crippen LogP contribution in [0, 0.1) is 5.92 Å². The fraction of sp³-hybridized carbons (Fsp3) is 0.625. The molecule has 1 atom stereocenters. The van der Waals surface area contributed by atoms with Gasteiger partial charge in [-0.2, -0.15) is 0 Å². The fourth-order valence-electron chi connectivity index (χ4n) is 2.79. The Bertz CT molecular complexity index is 490. The Morgan fingerprint density at radius 3 is 3.00 bits per heavy atom. The number of thiophene rings is 1. The SMILES string of the molecule is CCN1CCC[C@H](CNC(=O)CN(C)C(=O)c2cccs2)C1. The van der Waals surface area contributed by atoms with Crippen molar-refractivity contribution in [2.45, 2.75) is 19.8 Å². The van der Waals surface area contributed by atoms with Crippen LogP contribution in [0.1, 0.15) is 29.4 Å². The normalized spacial score (nSPS) is 18.9. The molecule has 22 heavy (non-hydrogen) atoms. The highest BCUT2D eigenvalue weighted by atomic mass is 32.1. The first kappa shape index (κ1) is 17.0. The standard InChI is InChI=1S/C16H25N3O2S/c1-3-19-8-4-6-13(11-19)10-17-15(20)12-18(2)16(21)14-7-5-9-22-14/h5,7,9,13H,3-4,6,8,10-12H2,1-2H3,(H,17,20)/t13-/m1/s1. The van der Waals surface area contributed by atoms with Crippen LogP contribution >= 0.6 is 11.3 Å². The number of carbonyl (C=O) groups excluding carboxylic acids is 2. The summed E-state index contributed by atoms with van der Waals surface area (Å²) in [6, 6.07) is 3.62. The van der Waals surface area contributed by atoms with Crippen molar-refractivity contribution in [2.75, 3.05) is 39.8 Å². The molecule has 122 valence electrons. The van der Waals surface area contributed by atoms with E-state index in [1.165, 1.54) is 35.6 Å². The Kier molecular flexibility index (Phi) is 6.39. The van der Waals surface area contributed by atoms with Gasteiger partial charge in [0, 0.05) is 20.1 Å².